The Bertz CT molecular complexity index is 423. The molecule has 0 aromatic heterocycles. The molecule has 104 valence electrons. The van der Waals surface area contributed by atoms with Crippen molar-refractivity contribution in [3.63, 3.8) is 0 Å². The fraction of sp³-hybridized carbons (Fsp3) is 0.647. The number of nitrogens with zero attached hydrogens (tertiary/aromatic N) is 1. The zero-order chi connectivity index (χ0) is 13.2. The van der Waals surface area contributed by atoms with Crippen LogP contribution in [-0.2, 0) is 0 Å². The van der Waals surface area contributed by atoms with Gasteiger partial charge < -0.3 is 10.6 Å². The van der Waals surface area contributed by atoms with E-state index in [0.29, 0.717) is 11.8 Å². The number of fused-ring (bicyclic) bond motifs is 1. The van der Waals surface area contributed by atoms with Crippen molar-refractivity contribution >= 4 is 5.69 Å². The number of para-hydroxylation sites is 1. The van der Waals surface area contributed by atoms with Gasteiger partial charge in [-0.2, -0.15) is 0 Å². The summed E-state index contributed by atoms with van der Waals surface area (Å²) in [5.41, 5.74) is 8.90. The molecule has 2 heteroatoms. The van der Waals surface area contributed by atoms with Crippen molar-refractivity contribution in [2.24, 2.45) is 17.6 Å². The molecule has 19 heavy (non-hydrogen) atoms. The lowest BCUT2D eigenvalue weighted by atomic mass is 9.89. The van der Waals surface area contributed by atoms with Crippen LogP contribution in [0.25, 0.3) is 0 Å². The molecule has 1 aliphatic heterocycles. The first-order chi connectivity index (χ1) is 9.29. The van der Waals surface area contributed by atoms with Crippen molar-refractivity contribution < 1.29 is 0 Å². The van der Waals surface area contributed by atoms with E-state index < -0.39 is 0 Å². The van der Waals surface area contributed by atoms with Crippen LogP contribution in [0.3, 0.4) is 0 Å². The Morgan fingerprint density at radius 3 is 2.74 bits per heavy atom. The summed E-state index contributed by atoms with van der Waals surface area (Å²) in [4.78, 5) is 2.63. The fourth-order valence-electron chi connectivity index (χ4n) is 3.85. The second-order valence-corrected chi connectivity index (χ2v) is 6.43. The van der Waals surface area contributed by atoms with Crippen molar-refractivity contribution in [2.45, 2.75) is 38.5 Å². The minimum absolute atomic E-state index is 0.578. The lowest BCUT2D eigenvalue weighted by Gasteiger charge is -2.24. The fourth-order valence-corrected chi connectivity index (χ4v) is 3.85. The standard InChI is InChI=1S/C17H26N2/c1-13(10-18)16-12-19(11-14-6-2-3-7-14)17-9-5-4-8-15(16)17/h4-5,8-9,13-14,16H,2-3,6-7,10-12,18H2,1H3. The molecule has 1 fully saturated rings. The van der Waals surface area contributed by atoms with Crippen LogP contribution < -0.4 is 10.6 Å². The summed E-state index contributed by atoms with van der Waals surface area (Å²) in [5, 5.41) is 0. The molecule has 1 aromatic carbocycles. The van der Waals surface area contributed by atoms with Crippen LogP contribution in [-0.4, -0.2) is 19.6 Å². The lowest BCUT2D eigenvalue weighted by molar-refractivity contribution is 0.465. The van der Waals surface area contributed by atoms with Crippen molar-refractivity contribution in [2.75, 3.05) is 24.5 Å². The molecule has 2 aliphatic rings. The summed E-state index contributed by atoms with van der Waals surface area (Å²) in [7, 11) is 0. The zero-order valence-corrected chi connectivity index (χ0v) is 12.0. The molecule has 0 bridgehead atoms. The van der Waals surface area contributed by atoms with E-state index in [9.17, 15) is 0 Å². The largest absolute Gasteiger partial charge is 0.370 e. The Morgan fingerprint density at radius 2 is 2.00 bits per heavy atom. The smallest absolute Gasteiger partial charge is 0.0402 e. The van der Waals surface area contributed by atoms with E-state index in [1.54, 1.807) is 0 Å². The van der Waals surface area contributed by atoms with Gasteiger partial charge in [0.2, 0.25) is 0 Å². The Kier molecular flexibility index (Phi) is 3.79. The monoisotopic (exact) mass is 258 g/mol. The Labute approximate surface area is 117 Å². The molecule has 0 saturated heterocycles. The maximum absolute atomic E-state index is 5.90. The van der Waals surface area contributed by atoms with Gasteiger partial charge in [0.25, 0.3) is 0 Å². The molecular formula is C17H26N2. The SMILES string of the molecule is CC(CN)C1CN(CC2CCCC2)c2ccccc21. The quantitative estimate of drug-likeness (QED) is 0.897. The van der Waals surface area contributed by atoms with Gasteiger partial charge in [-0.3, -0.25) is 0 Å². The predicted octanol–water partition coefficient (Wildman–Crippen LogP) is 3.38. The number of benzene rings is 1. The summed E-state index contributed by atoms with van der Waals surface area (Å²) in [6.45, 7) is 5.51. The molecule has 1 saturated carbocycles. The van der Waals surface area contributed by atoms with E-state index in [-0.39, 0.29) is 0 Å². The van der Waals surface area contributed by atoms with Gasteiger partial charge in [0.1, 0.15) is 0 Å². The van der Waals surface area contributed by atoms with Crippen LogP contribution in [0, 0.1) is 11.8 Å². The van der Waals surface area contributed by atoms with E-state index in [1.165, 1.54) is 50.0 Å². The molecule has 1 aliphatic carbocycles. The van der Waals surface area contributed by atoms with Crippen LogP contribution in [0.5, 0.6) is 0 Å². The van der Waals surface area contributed by atoms with Gasteiger partial charge in [0, 0.05) is 24.7 Å². The third-order valence-electron chi connectivity index (χ3n) is 5.11. The highest BCUT2D eigenvalue weighted by Crippen LogP contribution is 2.41. The molecule has 0 radical (unpaired) electrons. The Balaban J connectivity index is 1.79. The number of anilines is 1. The first kappa shape index (κ1) is 13.0. The van der Waals surface area contributed by atoms with Crippen LogP contribution >= 0.6 is 0 Å². The highest BCUT2D eigenvalue weighted by molar-refractivity contribution is 5.60. The summed E-state index contributed by atoms with van der Waals surface area (Å²) in [6, 6.07) is 8.96. The Morgan fingerprint density at radius 1 is 1.26 bits per heavy atom. The first-order valence-electron chi connectivity index (χ1n) is 7.83. The molecule has 2 N–H and O–H groups in total. The van der Waals surface area contributed by atoms with Crippen LogP contribution in [0.4, 0.5) is 5.69 Å². The van der Waals surface area contributed by atoms with Gasteiger partial charge in [-0.15, -0.1) is 0 Å². The highest BCUT2D eigenvalue weighted by atomic mass is 15.2. The van der Waals surface area contributed by atoms with Crippen LogP contribution in [0.15, 0.2) is 24.3 Å². The molecular weight excluding hydrogens is 232 g/mol. The second-order valence-electron chi connectivity index (χ2n) is 6.43. The van der Waals surface area contributed by atoms with E-state index in [2.05, 4.69) is 36.1 Å². The normalized spacial score (nSPS) is 24.7. The Hall–Kier alpha value is -1.02. The summed E-state index contributed by atoms with van der Waals surface area (Å²) in [5.74, 6) is 2.12. The van der Waals surface area contributed by atoms with Crippen LogP contribution in [0.2, 0.25) is 0 Å². The van der Waals surface area contributed by atoms with Crippen molar-refractivity contribution in [3.8, 4) is 0 Å². The predicted molar refractivity (Wildman–Crippen MR) is 81.6 cm³/mol. The summed E-state index contributed by atoms with van der Waals surface area (Å²) in [6.07, 6.45) is 5.72. The lowest BCUT2D eigenvalue weighted by Crippen LogP contribution is -2.30. The number of hydrogen-bond acceptors (Lipinski definition) is 2. The topological polar surface area (TPSA) is 29.3 Å². The van der Waals surface area contributed by atoms with Gasteiger partial charge in [-0.1, -0.05) is 38.0 Å². The first-order valence-corrected chi connectivity index (χ1v) is 7.83. The van der Waals surface area contributed by atoms with Gasteiger partial charge in [-0.25, -0.2) is 0 Å². The molecule has 2 atom stereocenters. The third-order valence-corrected chi connectivity index (χ3v) is 5.11. The van der Waals surface area contributed by atoms with Crippen LogP contribution in [0.1, 0.15) is 44.1 Å². The van der Waals surface area contributed by atoms with E-state index in [4.69, 9.17) is 5.73 Å². The number of nitrogens with two attached hydrogens (primary N) is 1. The maximum atomic E-state index is 5.90. The molecule has 2 nitrogen and oxygen atoms in total. The molecule has 3 rings (SSSR count). The molecule has 0 spiro atoms. The molecule has 0 amide bonds. The summed E-state index contributed by atoms with van der Waals surface area (Å²) < 4.78 is 0. The minimum atomic E-state index is 0.578. The molecule has 1 aromatic rings. The maximum Gasteiger partial charge on any atom is 0.0402 e. The van der Waals surface area contributed by atoms with Crippen molar-refractivity contribution in [3.05, 3.63) is 29.8 Å². The molecule has 2 unspecified atom stereocenters. The number of hydrogen-bond donors (Lipinski definition) is 1. The molecule has 1 heterocycles. The van der Waals surface area contributed by atoms with E-state index in [0.717, 1.165) is 12.5 Å². The average molecular weight is 258 g/mol. The average Bonchev–Trinajstić information content (AvgIpc) is 3.07. The van der Waals surface area contributed by atoms with Crippen molar-refractivity contribution in [1.29, 1.82) is 0 Å². The van der Waals surface area contributed by atoms with Gasteiger partial charge in [0.15, 0.2) is 0 Å². The van der Waals surface area contributed by atoms with Gasteiger partial charge in [-0.05, 0) is 42.9 Å². The van der Waals surface area contributed by atoms with Gasteiger partial charge in [0.05, 0.1) is 0 Å². The summed E-state index contributed by atoms with van der Waals surface area (Å²) >= 11 is 0. The zero-order valence-electron chi connectivity index (χ0n) is 12.0. The van der Waals surface area contributed by atoms with Gasteiger partial charge >= 0.3 is 0 Å². The second kappa shape index (κ2) is 5.54. The van der Waals surface area contributed by atoms with Crippen molar-refractivity contribution in [1.82, 2.24) is 0 Å². The number of rotatable bonds is 4. The van der Waals surface area contributed by atoms with E-state index >= 15 is 0 Å². The minimum Gasteiger partial charge on any atom is -0.370 e. The highest BCUT2D eigenvalue weighted by Gasteiger charge is 2.32. The third kappa shape index (κ3) is 2.51. The van der Waals surface area contributed by atoms with E-state index in [1.807, 2.05) is 0 Å².